The van der Waals surface area contributed by atoms with Crippen LogP contribution < -0.4 is 0 Å². The molecule has 2 aliphatic carbocycles. The van der Waals surface area contributed by atoms with Crippen LogP contribution in [0.4, 0.5) is 22.7 Å². The van der Waals surface area contributed by atoms with Crippen LogP contribution in [0.5, 0.6) is 0 Å². The molecular weight excluding hydrogens is 1430 g/mol. The smallest absolute Gasteiger partial charge is 0.0267 e. The first kappa shape index (κ1) is 77.5. The van der Waals surface area contributed by atoms with Crippen LogP contribution in [-0.2, 0) is 72.6 Å². The molecule has 6 aromatic carbocycles. The minimum Gasteiger partial charge on any atom is -0.265 e. The third-order valence-electron chi connectivity index (χ3n) is 13.5. The van der Waals surface area contributed by atoms with Gasteiger partial charge >= 0.3 is 66.8 Å². The van der Waals surface area contributed by atoms with E-state index >= 15 is 0 Å². The summed E-state index contributed by atoms with van der Waals surface area (Å²) >= 11 is 6.25. The molecule has 0 aliphatic heterocycles. The van der Waals surface area contributed by atoms with Crippen LogP contribution in [0.25, 0.3) is 32.0 Å². The van der Waals surface area contributed by atoms with Crippen LogP contribution in [0.2, 0.25) is 0 Å². The van der Waals surface area contributed by atoms with E-state index in [9.17, 15) is 37.1 Å². The van der Waals surface area contributed by atoms with Gasteiger partial charge in [-0.05, 0) is 118 Å². The number of halogens is 1. The Morgan fingerprint density at radius 2 is 0.878 bits per heavy atom. The maximum atomic E-state index is 12.6. The van der Waals surface area contributed by atoms with Gasteiger partial charge in [-0.15, -0.1) is 11.4 Å². The van der Waals surface area contributed by atoms with Gasteiger partial charge in [0.25, 0.3) is 11.4 Å². The van der Waals surface area contributed by atoms with Gasteiger partial charge in [0.15, 0.2) is 0 Å². The molecule has 3 aromatic heterocycles. The zero-order valence-corrected chi connectivity index (χ0v) is 56.4. The summed E-state index contributed by atoms with van der Waals surface area (Å²) in [7, 11) is -4.43. The first-order valence-electron chi connectivity index (χ1n) is 28.5. The van der Waals surface area contributed by atoms with Gasteiger partial charge < -0.3 is 21.3 Å². The second kappa shape index (κ2) is 43.1. The molecule has 16 nitrogen and oxygen atoms in total. The number of hydrogen-bond acceptors (Lipinski definition) is 12. The average molecular weight is 1500 g/mol. The van der Waals surface area contributed by atoms with E-state index < -0.39 is 51.1 Å². The fraction of sp³-hybridized carbons (Fsp3) is 0.235. The molecule has 2 aliphatic rings. The molecule has 0 saturated heterocycles. The molecule has 483 valence electrons. The van der Waals surface area contributed by atoms with Gasteiger partial charge in [0.1, 0.15) is 29.8 Å². The monoisotopic (exact) mass is 1490 g/mol. The first-order valence-corrected chi connectivity index (χ1v) is 33.8. The minimum absolute atomic E-state index is 0. The average Bonchev–Trinajstić information content (AvgIpc) is 0.933. The van der Waals surface area contributed by atoms with E-state index in [0.29, 0.717) is 22.5 Å². The molecule has 9 aromatic rings. The summed E-state index contributed by atoms with van der Waals surface area (Å²) in [4.78, 5) is 34.1. The molecule has 0 bridgehead atoms. The van der Waals surface area contributed by atoms with Crippen molar-refractivity contribution < 1.29 is 79.2 Å². The summed E-state index contributed by atoms with van der Waals surface area (Å²) < 4.78 is 58.1. The van der Waals surface area contributed by atoms with Crippen LogP contribution in [0.1, 0.15) is 93.6 Å². The molecule has 0 radical (unpaired) electrons. The molecule has 22 heteroatoms. The number of nitro groups is 2. The number of pyridine rings is 3. The maximum absolute atomic E-state index is 12.6. The predicted octanol–water partition coefficient (Wildman–Crippen LogP) is 17.9. The van der Waals surface area contributed by atoms with Crippen molar-refractivity contribution in [3.63, 3.8) is 0 Å². The third kappa shape index (κ3) is 26.6. The van der Waals surface area contributed by atoms with Gasteiger partial charge in [0.05, 0.1) is 21.2 Å². The van der Waals surface area contributed by atoms with Crippen molar-refractivity contribution in [1.29, 1.82) is 0 Å². The Hall–Kier alpha value is -6.76. The third-order valence-corrected chi connectivity index (χ3v) is 16.2. The molecule has 2 fully saturated rings. The number of nitro benzene ring substituents is 2. The molecule has 2 saturated carbocycles. The number of rotatable bonds is 14. The number of para-hydroxylation sites is 2. The Labute approximate surface area is 571 Å². The number of nitrogens with zero attached hydrogens (tertiary/aromatic N) is 8. The molecule has 0 amide bonds. The summed E-state index contributed by atoms with van der Waals surface area (Å²) in [6.45, 7) is 4.78. The molecule has 0 N–H and O–H groups in total. The van der Waals surface area contributed by atoms with E-state index in [2.05, 4.69) is 101 Å². The Bertz CT molecular complexity index is 3440. The Balaban J connectivity index is 0.000000300. The number of hydrogen-bond donors (Lipinski definition) is 0. The topological polar surface area (TPSA) is 225 Å². The van der Waals surface area contributed by atoms with Crippen molar-refractivity contribution in [2.75, 3.05) is 20.6 Å². The summed E-state index contributed by atoms with van der Waals surface area (Å²) in [5.41, 5.74) is 4.31. The SMILES string of the molecule is O=[N+]([O-])c1ccccc1S(=O)(=O)[N-]c1ccccc1-c1ccccn1.O=[N+]([O-])c1ccccc1S(=O)(=O)[N-]c1ccccc1-c1ccccn1.[Ag+].[CH2-]CCN(C)C.[Ni+2].[Ni][Br].[c-]1ccccc1C1CCCCC1.[c-]1ccccc1C1CCCCC1.c1ccncc1. The van der Waals surface area contributed by atoms with Crippen LogP contribution >= 0.6 is 14.2 Å². The van der Waals surface area contributed by atoms with Crippen molar-refractivity contribution in [3.05, 3.63) is 285 Å². The molecule has 90 heavy (non-hydrogen) atoms. The number of aromatic nitrogens is 3. The van der Waals surface area contributed by atoms with Crippen LogP contribution in [0.3, 0.4) is 0 Å². The van der Waals surface area contributed by atoms with E-state index in [4.69, 9.17) is 0 Å². The predicted molar refractivity (Wildman–Crippen MR) is 350 cm³/mol. The van der Waals surface area contributed by atoms with Crippen molar-refractivity contribution in [2.24, 2.45) is 0 Å². The normalized spacial score (nSPS) is 12.6. The maximum Gasteiger partial charge on any atom is 0.0267 e. The van der Waals surface area contributed by atoms with Crippen molar-refractivity contribution in [3.8, 4) is 22.5 Å². The van der Waals surface area contributed by atoms with Crippen molar-refractivity contribution in [2.45, 2.75) is 92.3 Å². The van der Waals surface area contributed by atoms with E-state index in [1.165, 1.54) is 124 Å². The zero-order chi connectivity index (χ0) is 63.4. The summed E-state index contributed by atoms with van der Waals surface area (Å²) in [5, 5.41) is 22.2. The van der Waals surface area contributed by atoms with E-state index in [1.54, 1.807) is 97.6 Å². The Kier molecular flexibility index (Phi) is 37.1. The van der Waals surface area contributed by atoms with Crippen molar-refractivity contribution in [1.82, 2.24) is 19.9 Å². The second-order valence-corrected chi connectivity index (χ2v) is 23.2. The minimum atomic E-state index is -4.26. The van der Waals surface area contributed by atoms with Gasteiger partial charge in [-0.1, -0.05) is 130 Å². The Morgan fingerprint density at radius 1 is 0.522 bits per heavy atom. The largest absolute Gasteiger partial charge is 0.265 e. The summed E-state index contributed by atoms with van der Waals surface area (Å²) in [5.74, 6) is 1.61. The van der Waals surface area contributed by atoms with Gasteiger partial charge in [0.2, 0.25) is 0 Å². The molecular formula is C68H71AgBrN8Ni2O8S2-2. The van der Waals surface area contributed by atoms with Gasteiger partial charge in [-0.3, -0.25) is 35.2 Å². The van der Waals surface area contributed by atoms with Gasteiger partial charge in [-0.2, -0.15) is 78.2 Å². The van der Waals surface area contributed by atoms with E-state index in [1.807, 2.05) is 56.6 Å². The number of sulfonamides is 2. The summed E-state index contributed by atoms with van der Waals surface area (Å²) in [6.07, 6.45) is 21.7. The van der Waals surface area contributed by atoms with Crippen LogP contribution in [-0.4, -0.2) is 67.2 Å². The zero-order valence-electron chi connectivity index (χ0n) is 49.7. The van der Waals surface area contributed by atoms with E-state index in [0.717, 1.165) is 36.9 Å². The molecule has 3 heterocycles. The molecule has 11 rings (SSSR count). The molecule has 0 atom stereocenters. The van der Waals surface area contributed by atoms with Crippen molar-refractivity contribution >= 4 is 57.0 Å². The van der Waals surface area contributed by atoms with Gasteiger partial charge in [0, 0.05) is 36.9 Å². The second-order valence-electron chi connectivity index (χ2n) is 20.0. The first-order chi connectivity index (χ1) is 42.7. The fourth-order valence-electron chi connectivity index (χ4n) is 9.37. The summed E-state index contributed by atoms with van der Waals surface area (Å²) in [6, 6.07) is 63.1. The van der Waals surface area contributed by atoms with E-state index in [-0.39, 0.29) is 50.2 Å². The standard InChI is InChI=1S/2C17H12N3O4S.2C12H15.C5H5N.C5H12N.Ag.BrH.2Ni/c2*21-20(22)16-10-3-4-11-17(16)25(23,24)19-15-9-2-1-7-13(15)14-8-5-6-12-18-14;2*1-3-7-11(8-4-1)12-9-5-2-6-10-12;1-2-4-6-5-3-1;1-4-5-6(2)3;;;;/h2*1-12H;2*1,3-4,7,12H,2,5-6,9-10H2;1-5H;1,4-5H2,2-3H3;;1H;;/q4*-1;;-1;+1;;+1;+2/p-1. The fourth-order valence-corrected chi connectivity index (χ4v) is 11.7. The number of benzene rings is 6. The Morgan fingerprint density at radius 3 is 1.18 bits per heavy atom. The quantitative estimate of drug-likeness (QED) is 0.0429. The van der Waals surface area contributed by atoms with Crippen LogP contribution in [0.15, 0.2) is 235 Å². The molecule has 0 spiro atoms. The van der Waals surface area contributed by atoms with Crippen LogP contribution in [0, 0.1) is 39.3 Å². The molecule has 0 unspecified atom stereocenters. The van der Waals surface area contributed by atoms with Gasteiger partial charge in [-0.25, -0.2) is 16.8 Å².